The molecule has 1 saturated heterocycles. The first kappa shape index (κ1) is 15.0. The number of aliphatic carboxylic acids is 1. The van der Waals surface area contributed by atoms with Crippen molar-refractivity contribution in [3.05, 3.63) is 0 Å². The van der Waals surface area contributed by atoms with Crippen molar-refractivity contribution in [3.8, 4) is 0 Å². The molecule has 0 aliphatic carbocycles. The van der Waals surface area contributed by atoms with Crippen molar-refractivity contribution in [1.29, 1.82) is 0 Å². The van der Waals surface area contributed by atoms with Gasteiger partial charge in [0.1, 0.15) is 6.04 Å². The minimum absolute atomic E-state index is 0.00662. The van der Waals surface area contributed by atoms with Crippen molar-refractivity contribution in [3.63, 3.8) is 0 Å². The molecule has 104 valence electrons. The Hall–Kier alpha value is -1.06. The lowest BCUT2D eigenvalue weighted by atomic mass is 9.95. The summed E-state index contributed by atoms with van der Waals surface area (Å²) in [6, 6.07) is -0.617. The van der Waals surface area contributed by atoms with Gasteiger partial charge in [0.15, 0.2) is 0 Å². The third-order valence-corrected chi connectivity index (χ3v) is 3.86. The van der Waals surface area contributed by atoms with Crippen LogP contribution in [0.15, 0.2) is 0 Å². The highest BCUT2D eigenvalue weighted by Gasteiger charge is 2.40. The summed E-state index contributed by atoms with van der Waals surface area (Å²) < 4.78 is 0. The number of carboxylic acid groups (broad SMARTS) is 1. The first-order valence-electron chi connectivity index (χ1n) is 7.06. The lowest BCUT2D eigenvalue weighted by molar-refractivity contribution is -0.151. The van der Waals surface area contributed by atoms with Crippen molar-refractivity contribution in [2.75, 3.05) is 6.54 Å². The van der Waals surface area contributed by atoms with Crippen LogP contribution in [0, 0.1) is 11.8 Å². The van der Waals surface area contributed by atoms with E-state index in [0.29, 0.717) is 6.54 Å². The number of hydrogen-bond donors (Lipinski definition) is 1. The summed E-state index contributed by atoms with van der Waals surface area (Å²) >= 11 is 0. The number of carboxylic acids is 1. The molecule has 0 aromatic rings. The predicted octanol–water partition coefficient (Wildman–Crippen LogP) is 2.52. The summed E-state index contributed by atoms with van der Waals surface area (Å²) in [5, 5.41) is 9.25. The normalized spacial score (nSPS) is 23.7. The second-order valence-electron chi connectivity index (χ2n) is 5.35. The Morgan fingerprint density at radius 2 is 1.83 bits per heavy atom. The van der Waals surface area contributed by atoms with Gasteiger partial charge in [0, 0.05) is 12.5 Å². The van der Waals surface area contributed by atoms with Gasteiger partial charge in [-0.25, -0.2) is 4.79 Å². The van der Waals surface area contributed by atoms with E-state index in [-0.39, 0.29) is 17.7 Å². The number of likely N-dealkylation sites (tertiary alicyclic amines) is 1. The van der Waals surface area contributed by atoms with Gasteiger partial charge >= 0.3 is 5.97 Å². The van der Waals surface area contributed by atoms with Gasteiger partial charge in [-0.3, -0.25) is 4.79 Å². The maximum atomic E-state index is 12.4. The summed E-state index contributed by atoms with van der Waals surface area (Å²) in [6.07, 6.45) is 4.47. The SMILES string of the molecule is CCCC(CCC)C(=O)N1CCC(C)C1C(=O)O. The summed E-state index contributed by atoms with van der Waals surface area (Å²) in [5.74, 6) is -0.738. The van der Waals surface area contributed by atoms with E-state index >= 15 is 0 Å². The van der Waals surface area contributed by atoms with Crippen LogP contribution in [0.5, 0.6) is 0 Å². The second kappa shape index (κ2) is 6.76. The predicted molar refractivity (Wildman–Crippen MR) is 70.2 cm³/mol. The molecule has 0 bridgehead atoms. The number of hydrogen-bond acceptors (Lipinski definition) is 2. The fourth-order valence-corrected chi connectivity index (χ4v) is 2.89. The summed E-state index contributed by atoms with van der Waals surface area (Å²) in [6.45, 7) is 6.65. The van der Waals surface area contributed by atoms with E-state index in [2.05, 4.69) is 13.8 Å². The Kier molecular flexibility index (Phi) is 5.63. The third-order valence-electron chi connectivity index (χ3n) is 3.86. The van der Waals surface area contributed by atoms with Crippen LogP contribution >= 0.6 is 0 Å². The van der Waals surface area contributed by atoms with Crippen LogP contribution in [0.1, 0.15) is 52.9 Å². The monoisotopic (exact) mass is 255 g/mol. The highest BCUT2D eigenvalue weighted by atomic mass is 16.4. The summed E-state index contributed by atoms with van der Waals surface area (Å²) in [4.78, 5) is 25.3. The van der Waals surface area contributed by atoms with Crippen LogP contribution in [0.25, 0.3) is 0 Å². The van der Waals surface area contributed by atoms with Gasteiger partial charge in [0.05, 0.1) is 0 Å². The topological polar surface area (TPSA) is 57.6 Å². The minimum Gasteiger partial charge on any atom is -0.480 e. The zero-order chi connectivity index (χ0) is 13.7. The Morgan fingerprint density at radius 1 is 1.28 bits per heavy atom. The van der Waals surface area contributed by atoms with E-state index in [1.54, 1.807) is 4.90 Å². The fourth-order valence-electron chi connectivity index (χ4n) is 2.89. The first-order chi connectivity index (χ1) is 8.52. The molecule has 4 nitrogen and oxygen atoms in total. The van der Waals surface area contributed by atoms with Crippen LogP contribution in [0.3, 0.4) is 0 Å². The molecule has 1 rings (SSSR count). The van der Waals surface area contributed by atoms with Crippen LogP contribution in [-0.2, 0) is 9.59 Å². The van der Waals surface area contributed by atoms with Crippen LogP contribution < -0.4 is 0 Å². The highest BCUT2D eigenvalue weighted by Crippen LogP contribution is 2.28. The minimum atomic E-state index is -0.861. The van der Waals surface area contributed by atoms with Crippen molar-refractivity contribution in [2.45, 2.75) is 58.9 Å². The van der Waals surface area contributed by atoms with Crippen molar-refractivity contribution in [2.24, 2.45) is 11.8 Å². The van der Waals surface area contributed by atoms with Gasteiger partial charge in [0.25, 0.3) is 0 Å². The smallest absolute Gasteiger partial charge is 0.326 e. The van der Waals surface area contributed by atoms with E-state index in [0.717, 1.165) is 32.1 Å². The standard InChI is InChI=1S/C14H25NO3/c1-4-6-11(7-5-2)13(16)15-9-8-10(3)12(15)14(17)18/h10-12H,4-9H2,1-3H3,(H,17,18). The highest BCUT2D eigenvalue weighted by molar-refractivity contribution is 5.85. The zero-order valence-electron chi connectivity index (χ0n) is 11.7. The van der Waals surface area contributed by atoms with Crippen molar-refractivity contribution >= 4 is 11.9 Å². The maximum Gasteiger partial charge on any atom is 0.326 e. The van der Waals surface area contributed by atoms with Gasteiger partial charge in [-0.15, -0.1) is 0 Å². The Bertz CT molecular complexity index is 297. The lowest BCUT2D eigenvalue weighted by Gasteiger charge is -2.27. The van der Waals surface area contributed by atoms with E-state index in [9.17, 15) is 14.7 Å². The van der Waals surface area contributed by atoms with Crippen LogP contribution in [-0.4, -0.2) is 34.5 Å². The maximum absolute atomic E-state index is 12.4. The first-order valence-corrected chi connectivity index (χ1v) is 7.06. The Balaban J connectivity index is 2.77. The molecular formula is C14H25NO3. The second-order valence-corrected chi connectivity index (χ2v) is 5.35. The molecule has 1 aliphatic rings. The molecule has 0 spiro atoms. The van der Waals surface area contributed by atoms with E-state index in [1.165, 1.54) is 0 Å². The molecule has 0 aromatic heterocycles. The van der Waals surface area contributed by atoms with Gasteiger partial charge in [-0.2, -0.15) is 0 Å². The number of nitrogens with zero attached hydrogens (tertiary/aromatic N) is 1. The molecule has 0 aromatic carbocycles. The fraction of sp³-hybridized carbons (Fsp3) is 0.857. The average molecular weight is 255 g/mol. The average Bonchev–Trinajstić information content (AvgIpc) is 2.70. The number of amides is 1. The van der Waals surface area contributed by atoms with Crippen LogP contribution in [0.2, 0.25) is 0 Å². The molecule has 1 aliphatic heterocycles. The molecule has 1 heterocycles. The van der Waals surface area contributed by atoms with E-state index in [4.69, 9.17) is 0 Å². The molecular weight excluding hydrogens is 230 g/mol. The largest absolute Gasteiger partial charge is 0.480 e. The molecule has 1 N–H and O–H groups in total. The zero-order valence-corrected chi connectivity index (χ0v) is 11.7. The van der Waals surface area contributed by atoms with E-state index < -0.39 is 12.0 Å². The molecule has 0 radical (unpaired) electrons. The Morgan fingerprint density at radius 3 is 2.28 bits per heavy atom. The lowest BCUT2D eigenvalue weighted by Crippen LogP contribution is -2.45. The molecule has 4 heteroatoms. The number of carbonyl (C=O) groups is 2. The van der Waals surface area contributed by atoms with Gasteiger partial charge < -0.3 is 10.0 Å². The molecule has 2 atom stereocenters. The van der Waals surface area contributed by atoms with Gasteiger partial charge in [-0.1, -0.05) is 33.6 Å². The third kappa shape index (κ3) is 3.24. The quantitative estimate of drug-likeness (QED) is 0.793. The number of carbonyl (C=O) groups excluding carboxylic acids is 1. The van der Waals surface area contributed by atoms with Crippen molar-refractivity contribution in [1.82, 2.24) is 4.90 Å². The summed E-state index contributed by atoms with van der Waals surface area (Å²) in [7, 11) is 0. The number of rotatable bonds is 6. The van der Waals surface area contributed by atoms with Crippen LogP contribution in [0.4, 0.5) is 0 Å². The molecule has 1 fully saturated rings. The van der Waals surface area contributed by atoms with E-state index in [1.807, 2.05) is 6.92 Å². The molecule has 1 amide bonds. The molecule has 18 heavy (non-hydrogen) atoms. The molecule has 0 saturated carbocycles. The van der Waals surface area contributed by atoms with Crippen molar-refractivity contribution < 1.29 is 14.7 Å². The Labute approximate surface area is 109 Å². The molecule has 2 unspecified atom stereocenters. The van der Waals surface area contributed by atoms with Gasteiger partial charge in [-0.05, 0) is 25.2 Å². The summed E-state index contributed by atoms with van der Waals surface area (Å²) in [5.41, 5.74) is 0. The van der Waals surface area contributed by atoms with Gasteiger partial charge in [0.2, 0.25) is 5.91 Å².